The zero-order chi connectivity index (χ0) is 27.3. The highest BCUT2D eigenvalue weighted by Gasteiger charge is 2.24. The van der Waals surface area contributed by atoms with Crippen LogP contribution in [0.5, 0.6) is 0 Å². The third kappa shape index (κ3) is 9.73. The Bertz CT molecular complexity index is 1020. The fourth-order valence-electron chi connectivity index (χ4n) is 4.78. The summed E-state index contributed by atoms with van der Waals surface area (Å²) in [5, 5.41) is 2.98. The molecule has 2 heterocycles. The van der Waals surface area contributed by atoms with E-state index in [0.29, 0.717) is 65.3 Å². The van der Waals surface area contributed by atoms with Crippen molar-refractivity contribution in [3.05, 3.63) is 65.0 Å². The predicted molar refractivity (Wildman–Crippen MR) is 151 cm³/mol. The summed E-state index contributed by atoms with van der Waals surface area (Å²) in [6, 6.07) is 12.8. The summed E-state index contributed by atoms with van der Waals surface area (Å²) in [6.07, 6.45) is 2.23. The quantitative estimate of drug-likeness (QED) is 0.245. The number of fused-ring (bicyclic) bond motifs is 1. The van der Waals surface area contributed by atoms with E-state index in [9.17, 15) is 9.18 Å². The summed E-state index contributed by atoms with van der Waals surface area (Å²) in [6.45, 7) is 7.29. The SMILES string of the molecule is COCCOCCOCCOCCSN1CCC(c2ccc(NC(=O)N3Cc4ccc(F)cc4C3)cc2)CC1. The van der Waals surface area contributed by atoms with E-state index in [4.69, 9.17) is 18.9 Å². The molecule has 0 radical (unpaired) electrons. The number of anilines is 1. The van der Waals surface area contributed by atoms with Crippen molar-refractivity contribution in [2.45, 2.75) is 31.8 Å². The van der Waals surface area contributed by atoms with Crippen molar-refractivity contribution >= 4 is 23.7 Å². The molecule has 1 saturated heterocycles. The Hall–Kier alpha value is -2.21. The van der Waals surface area contributed by atoms with Gasteiger partial charge in [-0.15, -0.1) is 0 Å². The highest BCUT2D eigenvalue weighted by atomic mass is 32.2. The molecule has 39 heavy (non-hydrogen) atoms. The number of nitrogens with one attached hydrogen (secondary N) is 1. The number of ether oxygens (including phenoxy) is 4. The number of carbonyl (C=O) groups is 1. The molecule has 2 aromatic carbocycles. The lowest BCUT2D eigenvalue weighted by Gasteiger charge is -2.31. The normalized spacial score (nSPS) is 16.0. The van der Waals surface area contributed by atoms with Gasteiger partial charge < -0.3 is 29.2 Å². The molecule has 10 heteroatoms. The maximum absolute atomic E-state index is 13.5. The Labute approximate surface area is 235 Å². The van der Waals surface area contributed by atoms with Crippen molar-refractivity contribution in [3.63, 3.8) is 0 Å². The number of nitrogens with zero attached hydrogens (tertiary/aromatic N) is 2. The Morgan fingerprint density at radius 1 is 0.897 bits per heavy atom. The fourth-order valence-corrected chi connectivity index (χ4v) is 5.70. The number of piperidine rings is 1. The third-order valence-electron chi connectivity index (χ3n) is 6.94. The van der Waals surface area contributed by atoms with E-state index in [1.807, 2.05) is 24.1 Å². The second kappa shape index (κ2) is 16.2. The molecular formula is C29H40FN3O5S. The minimum atomic E-state index is -0.265. The van der Waals surface area contributed by atoms with Gasteiger partial charge in [0.1, 0.15) is 5.82 Å². The highest BCUT2D eigenvalue weighted by molar-refractivity contribution is 7.97. The molecule has 2 aliphatic rings. The summed E-state index contributed by atoms with van der Waals surface area (Å²) in [5.41, 5.74) is 3.97. The predicted octanol–water partition coefficient (Wildman–Crippen LogP) is 4.90. The van der Waals surface area contributed by atoms with Crippen molar-refractivity contribution in [3.8, 4) is 0 Å². The van der Waals surface area contributed by atoms with E-state index in [0.717, 1.165) is 48.5 Å². The number of hydrogen-bond acceptors (Lipinski definition) is 7. The van der Waals surface area contributed by atoms with Crippen LogP contribution >= 0.6 is 11.9 Å². The van der Waals surface area contributed by atoms with Gasteiger partial charge in [-0.2, -0.15) is 0 Å². The molecule has 2 amide bonds. The van der Waals surface area contributed by atoms with E-state index >= 15 is 0 Å². The van der Waals surface area contributed by atoms with Crippen LogP contribution in [0.3, 0.4) is 0 Å². The van der Waals surface area contributed by atoms with Crippen LogP contribution in [-0.2, 0) is 32.0 Å². The first-order valence-corrected chi connectivity index (χ1v) is 14.6. The van der Waals surface area contributed by atoms with Gasteiger partial charge in [-0.3, -0.25) is 4.31 Å². The lowest BCUT2D eigenvalue weighted by atomic mass is 9.90. The average molecular weight is 562 g/mol. The van der Waals surface area contributed by atoms with E-state index in [1.54, 1.807) is 18.1 Å². The number of methoxy groups -OCH3 is 1. The van der Waals surface area contributed by atoms with Gasteiger partial charge in [0.25, 0.3) is 0 Å². The second-order valence-corrected chi connectivity index (χ2v) is 10.9. The van der Waals surface area contributed by atoms with Gasteiger partial charge in [-0.1, -0.05) is 30.1 Å². The van der Waals surface area contributed by atoms with E-state index < -0.39 is 0 Å². The molecule has 0 unspecified atom stereocenters. The van der Waals surface area contributed by atoms with Crippen LogP contribution in [0.15, 0.2) is 42.5 Å². The monoisotopic (exact) mass is 561 g/mol. The molecule has 1 fully saturated rings. The topological polar surface area (TPSA) is 72.5 Å². The first-order chi connectivity index (χ1) is 19.1. The van der Waals surface area contributed by atoms with Gasteiger partial charge in [0.05, 0.1) is 46.2 Å². The number of benzene rings is 2. The summed E-state index contributed by atoms with van der Waals surface area (Å²) >= 11 is 1.85. The van der Waals surface area contributed by atoms with E-state index in [1.165, 1.54) is 17.7 Å². The summed E-state index contributed by atoms with van der Waals surface area (Å²) in [7, 11) is 1.66. The molecule has 0 spiro atoms. The Kier molecular flexibility index (Phi) is 12.3. The van der Waals surface area contributed by atoms with Crippen molar-refractivity contribution < 1.29 is 28.1 Å². The zero-order valence-electron chi connectivity index (χ0n) is 22.7. The minimum absolute atomic E-state index is 0.162. The number of hydrogen-bond donors (Lipinski definition) is 1. The maximum Gasteiger partial charge on any atom is 0.322 e. The van der Waals surface area contributed by atoms with Gasteiger partial charge in [-0.05, 0) is 59.7 Å². The average Bonchev–Trinajstić information content (AvgIpc) is 3.38. The second-order valence-electron chi connectivity index (χ2n) is 9.69. The van der Waals surface area contributed by atoms with Gasteiger partial charge in [0.15, 0.2) is 0 Å². The van der Waals surface area contributed by atoms with Crippen LogP contribution in [0.2, 0.25) is 0 Å². The zero-order valence-corrected chi connectivity index (χ0v) is 23.6. The molecular weight excluding hydrogens is 521 g/mol. The van der Waals surface area contributed by atoms with Gasteiger partial charge in [-0.25, -0.2) is 9.18 Å². The summed E-state index contributed by atoms with van der Waals surface area (Å²) < 4.78 is 37.3. The molecule has 0 aliphatic carbocycles. The van der Waals surface area contributed by atoms with Crippen LogP contribution in [0.1, 0.15) is 35.4 Å². The van der Waals surface area contributed by atoms with Crippen molar-refractivity contribution in [1.82, 2.24) is 9.21 Å². The molecule has 2 aliphatic heterocycles. The van der Waals surface area contributed by atoms with Crippen LogP contribution < -0.4 is 5.32 Å². The van der Waals surface area contributed by atoms with Crippen LogP contribution in [0.4, 0.5) is 14.9 Å². The molecule has 0 atom stereocenters. The molecule has 8 nitrogen and oxygen atoms in total. The first-order valence-electron chi connectivity index (χ1n) is 13.7. The molecule has 0 bridgehead atoms. The molecule has 214 valence electrons. The highest BCUT2D eigenvalue weighted by Crippen LogP contribution is 2.31. The molecule has 0 saturated carbocycles. The molecule has 0 aromatic heterocycles. The lowest BCUT2D eigenvalue weighted by Crippen LogP contribution is -2.30. The summed E-state index contributed by atoms with van der Waals surface area (Å²) in [4.78, 5) is 14.4. The number of carbonyl (C=O) groups excluding carboxylic acids is 1. The molecule has 1 N–H and O–H groups in total. The van der Waals surface area contributed by atoms with Gasteiger partial charge in [0.2, 0.25) is 0 Å². The number of urea groups is 1. The smallest absolute Gasteiger partial charge is 0.322 e. The number of amides is 2. The van der Waals surface area contributed by atoms with E-state index in [2.05, 4.69) is 21.8 Å². The molecule has 4 rings (SSSR count). The molecule has 2 aromatic rings. The number of halogens is 1. The van der Waals surface area contributed by atoms with E-state index in [-0.39, 0.29) is 11.8 Å². The standard InChI is InChI=1S/C29H40FN3O5S/c1-35-12-13-36-14-15-37-16-17-38-18-19-39-33-10-8-24(9-11-33)23-3-6-28(7-4-23)31-29(34)32-21-25-2-5-27(30)20-26(25)22-32/h2-7,20,24H,8-19,21-22H2,1H3,(H,31,34). The Balaban J connectivity index is 1.05. The maximum atomic E-state index is 13.5. The number of rotatable bonds is 15. The van der Waals surface area contributed by atoms with Gasteiger partial charge >= 0.3 is 6.03 Å². The minimum Gasteiger partial charge on any atom is -0.382 e. The largest absolute Gasteiger partial charge is 0.382 e. The Morgan fingerprint density at radius 3 is 2.23 bits per heavy atom. The van der Waals surface area contributed by atoms with Crippen LogP contribution in [0, 0.1) is 5.82 Å². The lowest BCUT2D eigenvalue weighted by molar-refractivity contribution is 0.00561. The van der Waals surface area contributed by atoms with Crippen molar-refractivity contribution in [2.24, 2.45) is 0 Å². The van der Waals surface area contributed by atoms with Crippen LogP contribution in [0.25, 0.3) is 0 Å². The first kappa shape index (κ1) is 29.8. The van der Waals surface area contributed by atoms with Crippen molar-refractivity contribution in [1.29, 1.82) is 0 Å². The third-order valence-corrected chi connectivity index (χ3v) is 8.02. The Morgan fingerprint density at radius 2 is 1.54 bits per heavy atom. The van der Waals surface area contributed by atoms with Crippen molar-refractivity contribution in [2.75, 3.05) is 77.5 Å². The van der Waals surface area contributed by atoms with Crippen LogP contribution in [-0.4, -0.2) is 87.4 Å². The fraction of sp³-hybridized carbons (Fsp3) is 0.552. The van der Waals surface area contributed by atoms with Gasteiger partial charge in [0, 0.05) is 44.7 Å². The summed E-state index contributed by atoms with van der Waals surface area (Å²) in [5.74, 6) is 1.20.